The smallest absolute Gasteiger partial charge is 0.162 e. The lowest BCUT2D eigenvalue weighted by Crippen LogP contribution is -2.34. The monoisotopic (exact) mass is 970 g/mol. The summed E-state index contributed by atoms with van der Waals surface area (Å²) in [6.07, 6.45) is 12.2. The molecule has 8 aromatic carbocycles. The molecular weight excluding hydrogens is 933 g/mol. The SMILES string of the molecule is c1cc(-c2cc(-c3cccc(-c4ncncn4)c3)cc(C3(c4cc(-c5cccc(-c6ncncn6)c5)cc(-c5cccc(-c6ncncn6)c5)c4)c4ccccc4Sc4ccccc43)c2)cc(-c2ncncn2)c1. The molecule has 1 aliphatic rings. The quantitative estimate of drug-likeness (QED) is 0.128. The van der Waals surface area contributed by atoms with Crippen LogP contribution in [0, 0.1) is 0 Å². The van der Waals surface area contributed by atoms with Gasteiger partial charge in [-0.3, -0.25) is 0 Å². The van der Waals surface area contributed by atoms with Gasteiger partial charge in [0.1, 0.15) is 50.6 Å². The molecule has 0 saturated carbocycles. The van der Waals surface area contributed by atoms with Crippen molar-refractivity contribution >= 4 is 11.8 Å². The molecule has 5 heterocycles. The normalized spacial score (nSPS) is 12.4. The molecule has 0 radical (unpaired) electrons. The van der Waals surface area contributed by atoms with Gasteiger partial charge in [-0.25, -0.2) is 59.8 Å². The van der Waals surface area contributed by atoms with Gasteiger partial charge in [0.2, 0.25) is 0 Å². The summed E-state index contributed by atoms with van der Waals surface area (Å²) in [6.45, 7) is 0. The molecule has 0 saturated heterocycles. The molecule has 0 N–H and O–H groups in total. The van der Waals surface area contributed by atoms with Crippen LogP contribution in [0.4, 0.5) is 0 Å². The standard InChI is InChI=1S/C61H38N12S/c1-3-19-55-53(17-1)61(54-18-2-4-20-56(54)74-55,51-27-47(39-9-5-13-43(21-39)57-66-31-62-32-67-57)25-48(28-51)40-10-6-14-44(22-40)58-68-33-63-34-69-58)52-29-49(41-11-7-15-45(23-41)59-70-35-64-36-71-59)26-50(30-52)42-12-8-16-46(24-42)60-72-37-65-38-73-60/h1-38H. The second-order valence-corrected chi connectivity index (χ2v) is 18.7. The third-order valence-electron chi connectivity index (χ3n) is 13.3. The summed E-state index contributed by atoms with van der Waals surface area (Å²) in [7, 11) is 0. The van der Waals surface area contributed by atoms with E-state index in [1.807, 2.05) is 24.3 Å². The van der Waals surface area contributed by atoms with E-state index in [4.69, 9.17) is 0 Å². The Balaban J connectivity index is 1.13. The van der Waals surface area contributed by atoms with E-state index in [1.54, 1.807) is 11.8 Å². The fraction of sp³-hybridized carbons (Fsp3) is 0.0164. The van der Waals surface area contributed by atoms with E-state index in [9.17, 15) is 0 Å². The molecular formula is C61H38N12S. The van der Waals surface area contributed by atoms with Crippen LogP contribution in [-0.4, -0.2) is 59.8 Å². The van der Waals surface area contributed by atoms with Crippen LogP contribution < -0.4 is 0 Å². The van der Waals surface area contributed by atoms with Gasteiger partial charge >= 0.3 is 0 Å². The van der Waals surface area contributed by atoms with Crippen molar-refractivity contribution in [2.24, 2.45) is 0 Å². The molecule has 0 amide bonds. The summed E-state index contributed by atoms with van der Waals surface area (Å²) in [4.78, 5) is 55.0. The molecule has 4 aromatic heterocycles. The van der Waals surface area contributed by atoms with Crippen molar-refractivity contribution < 1.29 is 0 Å². The lowest BCUT2D eigenvalue weighted by molar-refractivity contribution is 0.704. The summed E-state index contributed by atoms with van der Waals surface area (Å²) < 4.78 is 0. The highest BCUT2D eigenvalue weighted by Crippen LogP contribution is 2.57. The topological polar surface area (TPSA) is 155 Å². The van der Waals surface area contributed by atoms with Crippen molar-refractivity contribution in [3.63, 3.8) is 0 Å². The number of benzene rings is 8. The Morgan fingerprint density at radius 3 is 0.797 bits per heavy atom. The number of nitrogens with zero attached hydrogens (tertiary/aromatic N) is 12. The van der Waals surface area contributed by atoms with Gasteiger partial charge in [0.15, 0.2) is 23.3 Å². The van der Waals surface area contributed by atoms with Crippen molar-refractivity contribution in [1.82, 2.24) is 59.8 Å². The first-order chi connectivity index (χ1) is 36.6. The van der Waals surface area contributed by atoms with Gasteiger partial charge in [0, 0.05) is 32.0 Å². The highest BCUT2D eigenvalue weighted by molar-refractivity contribution is 7.99. The van der Waals surface area contributed by atoms with Crippen LogP contribution in [0.1, 0.15) is 22.3 Å². The Hall–Kier alpha value is -9.85. The summed E-state index contributed by atoms with van der Waals surface area (Å²) in [6, 6.07) is 65.3. The number of rotatable bonds is 10. The molecule has 0 atom stereocenters. The molecule has 1 aliphatic heterocycles. The van der Waals surface area contributed by atoms with E-state index in [0.29, 0.717) is 23.3 Å². The molecule has 0 unspecified atom stereocenters. The van der Waals surface area contributed by atoms with Gasteiger partial charge in [-0.1, -0.05) is 121 Å². The van der Waals surface area contributed by atoms with Gasteiger partial charge < -0.3 is 0 Å². The predicted octanol–water partition coefficient (Wildman–Crippen LogP) is 12.6. The predicted molar refractivity (Wildman–Crippen MR) is 286 cm³/mol. The Morgan fingerprint density at radius 2 is 0.500 bits per heavy atom. The highest BCUT2D eigenvalue weighted by atomic mass is 32.2. The van der Waals surface area contributed by atoms with Gasteiger partial charge in [-0.15, -0.1) is 0 Å². The van der Waals surface area contributed by atoms with Crippen LogP contribution in [0.15, 0.2) is 242 Å². The van der Waals surface area contributed by atoms with Crippen LogP contribution in [-0.2, 0) is 5.41 Å². The second kappa shape index (κ2) is 19.1. The number of fused-ring (bicyclic) bond motifs is 2. The number of hydrogen-bond donors (Lipinski definition) is 0. The average molecular weight is 971 g/mol. The maximum Gasteiger partial charge on any atom is 0.162 e. The maximum absolute atomic E-state index is 4.53. The molecule has 12 aromatic rings. The third-order valence-corrected chi connectivity index (χ3v) is 14.5. The van der Waals surface area contributed by atoms with Crippen molar-refractivity contribution in [3.05, 3.63) is 255 Å². The van der Waals surface area contributed by atoms with E-state index in [0.717, 1.165) is 98.8 Å². The fourth-order valence-corrected chi connectivity index (χ4v) is 11.2. The van der Waals surface area contributed by atoms with E-state index >= 15 is 0 Å². The lowest BCUT2D eigenvalue weighted by Gasteiger charge is -2.42. The van der Waals surface area contributed by atoms with Gasteiger partial charge in [0.25, 0.3) is 0 Å². The molecule has 0 fully saturated rings. The lowest BCUT2D eigenvalue weighted by atomic mass is 9.63. The Morgan fingerprint density at radius 1 is 0.243 bits per heavy atom. The molecule has 348 valence electrons. The zero-order chi connectivity index (χ0) is 49.3. The summed E-state index contributed by atoms with van der Waals surface area (Å²) in [5.41, 5.74) is 15.1. The molecule has 0 aliphatic carbocycles. The van der Waals surface area contributed by atoms with Crippen molar-refractivity contribution in [3.8, 4) is 90.1 Å². The van der Waals surface area contributed by atoms with Gasteiger partial charge in [-0.2, -0.15) is 0 Å². The van der Waals surface area contributed by atoms with Crippen molar-refractivity contribution in [2.75, 3.05) is 0 Å². The highest BCUT2D eigenvalue weighted by Gasteiger charge is 2.45. The van der Waals surface area contributed by atoms with Crippen LogP contribution in [0.5, 0.6) is 0 Å². The third kappa shape index (κ3) is 8.22. The van der Waals surface area contributed by atoms with Crippen molar-refractivity contribution in [2.45, 2.75) is 15.2 Å². The molecule has 0 bridgehead atoms. The molecule has 12 nitrogen and oxygen atoms in total. The molecule has 13 heteroatoms. The van der Waals surface area contributed by atoms with Crippen LogP contribution in [0.2, 0.25) is 0 Å². The average Bonchev–Trinajstić information content (AvgIpc) is 3.49. The maximum atomic E-state index is 4.53. The van der Waals surface area contributed by atoms with E-state index in [-0.39, 0.29) is 0 Å². The minimum absolute atomic E-state index is 0.593. The van der Waals surface area contributed by atoms with E-state index in [2.05, 4.69) is 218 Å². The first-order valence-corrected chi connectivity index (χ1v) is 24.5. The minimum Gasteiger partial charge on any atom is -0.225 e. The first-order valence-electron chi connectivity index (χ1n) is 23.7. The summed E-state index contributed by atoms with van der Waals surface area (Å²) in [5, 5.41) is 0. The minimum atomic E-state index is -0.900. The van der Waals surface area contributed by atoms with E-state index in [1.165, 1.54) is 50.6 Å². The van der Waals surface area contributed by atoms with Crippen LogP contribution in [0.3, 0.4) is 0 Å². The number of aromatic nitrogens is 12. The van der Waals surface area contributed by atoms with E-state index < -0.39 is 5.41 Å². The number of hydrogen-bond acceptors (Lipinski definition) is 13. The van der Waals surface area contributed by atoms with Crippen LogP contribution >= 0.6 is 11.8 Å². The first kappa shape index (κ1) is 44.1. The Bertz CT molecular complexity index is 3550. The summed E-state index contributed by atoms with van der Waals surface area (Å²) in [5.74, 6) is 2.37. The fourth-order valence-electron chi connectivity index (χ4n) is 10.0. The van der Waals surface area contributed by atoms with Crippen molar-refractivity contribution in [1.29, 1.82) is 0 Å². The second-order valence-electron chi connectivity index (χ2n) is 17.6. The Labute approximate surface area is 429 Å². The Kier molecular flexibility index (Phi) is 11.4. The summed E-state index contributed by atoms with van der Waals surface area (Å²) >= 11 is 1.80. The zero-order valence-electron chi connectivity index (χ0n) is 39.2. The zero-order valence-corrected chi connectivity index (χ0v) is 40.0. The van der Waals surface area contributed by atoms with Gasteiger partial charge in [-0.05, 0) is 140 Å². The molecule has 13 rings (SSSR count). The largest absolute Gasteiger partial charge is 0.225 e. The molecule has 0 spiro atoms. The molecule has 74 heavy (non-hydrogen) atoms. The van der Waals surface area contributed by atoms with Gasteiger partial charge in [0.05, 0.1) is 5.41 Å². The van der Waals surface area contributed by atoms with Crippen LogP contribution in [0.25, 0.3) is 90.1 Å².